The Kier molecular flexibility index (Phi) is 3.38. The number of hydrogen-bond acceptors (Lipinski definition) is 5. The summed E-state index contributed by atoms with van der Waals surface area (Å²) >= 11 is 0. The van der Waals surface area contributed by atoms with Gasteiger partial charge in [-0.05, 0) is 6.07 Å². The third kappa shape index (κ3) is 2.52. The van der Waals surface area contributed by atoms with Gasteiger partial charge in [-0.15, -0.1) is 0 Å². The van der Waals surface area contributed by atoms with Crippen molar-refractivity contribution < 1.29 is 19.4 Å². The summed E-state index contributed by atoms with van der Waals surface area (Å²) in [5, 5.41) is 9.57. The highest BCUT2D eigenvalue weighted by molar-refractivity contribution is 5.75. The lowest BCUT2D eigenvalue weighted by Gasteiger charge is -2.08. The van der Waals surface area contributed by atoms with E-state index in [0.29, 0.717) is 11.3 Å². The Hall–Kier alpha value is -1.91. The van der Waals surface area contributed by atoms with Gasteiger partial charge in [0.15, 0.2) is 0 Å². The Morgan fingerprint density at radius 2 is 2.13 bits per heavy atom. The number of aromatic hydroxyl groups is 1. The van der Waals surface area contributed by atoms with Gasteiger partial charge >= 0.3 is 5.97 Å². The number of anilines is 1. The van der Waals surface area contributed by atoms with Crippen LogP contribution in [0.15, 0.2) is 12.1 Å². The molecule has 1 aromatic carbocycles. The van der Waals surface area contributed by atoms with Crippen LogP contribution in [-0.2, 0) is 16.0 Å². The molecule has 0 aliphatic rings. The van der Waals surface area contributed by atoms with E-state index in [1.807, 2.05) is 0 Å². The number of hydrogen-bond donors (Lipinski definition) is 2. The van der Waals surface area contributed by atoms with E-state index in [4.69, 9.17) is 10.5 Å². The summed E-state index contributed by atoms with van der Waals surface area (Å²) in [6.45, 7) is 0. The number of nitrogens with two attached hydrogens (primary N) is 1. The zero-order chi connectivity index (χ0) is 11.4. The second kappa shape index (κ2) is 4.54. The third-order valence-corrected chi connectivity index (χ3v) is 1.99. The van der Waals surface area contributed by atoms with Crippen LogP contribution in [0.5, 0.6) is 11.5 Å². The van der Waals surface area contributed by atoms with Crippen molar-refractivity contribution in [1.82, 2.24) is 0 Å². The van der Waals surface area contributed by atoms with E-state index < -0.39 is 5.97 Å². The zero-order valence-electron chi connectivity index (χ0n) is 8.61. The van der Waals surface area contributed by atoms with Crippen LogP contribution < -0.4 is 10.5 Å². The van der Waals surface area contributed by atoms with Gasteiger partial charge in [0.1, 0.15) is 11.5 Å². The van der Waals surface area contributed by atoms with Crippen molar-refractivity contribution in [3.8, 4) is 11.5 Å². The lowest BCUT2D eigenvalue weighted by atomic mass is 10.1. The van der Waals surface area contributed by atoms with E-state index >= 15 is 0 Å². The molecule has 0 amide bonds. The van der Waals surface area contributed by atoms with Crippen molar-refractivity contribution >= 4 is 11.7 Å². The average Bonchev–Trinajstić information content (AvgIpc) is 2.24. The molecule has 15 heavy (non-hydrogen) atoms. The lowest BCUT2D eigenvalue weighted by Crippen LogP contribution is -2.05. The molecule has 0 unspecified atom stereocenters. The fraction of sp³-hybridized carbons (Fsp3) is 0.300. The Morgan fingerprint density at radius 3 is 2.67 bits per heavy atom. The van der Waals surface area contributed by atoms with Gasteiger partial charge in [-0.25, -0.2) is 0 Å². The molecule has 3 N–H and O–H groups in total. The molecule has 0 bridgehead atoms. The van der Waals surface area contributed by atoms with E-state index in [-0.39, 0.29) is 17.9 Å². The summed E-state index contributed by atoms with van der Waals surface area (Å²) in [4.78, 5) is 11.0. The van der Waals surface area contributed by atoms with Crippen LogP contribution in [0.3, 0.4) is 0 Å². The van der Waals surface area contributed by atoms with Gasteiger partial charge in [0, 0.05) is 11.6 Å². The summed E-state index contributed by atoms with van der Waals surface area (Å²) in [6.07, 6.45) is -0.0380. The molecule has 0 aromatic heterocycles. The van der Waals surface area contributed by atoms with Gasteiger partial charge in [-0.1, -0.05) is 0 Å². The molecule has 1 aromatic rings. The molecule has 0 saturated carbocycles. The Morgan fingerprint density at radius 1 is 1.47 bits per heavy atom. The molecule has 0 spiro atoms. The number of nitrogen functional groups attached to an aromatic ring is 1. The number of phenolic OH excluding ortho intramolecular Hbond substituents is 1. The van der Waals surface area contributed by atoms with E-state index in [2.05, 4.69) is 4.74 Å². The smallest absolute Gasteiger partial charge is 0.310 e. The highest BCUT2D eigenvalue weighted by Crippen LogP contribution is 2.30. The molecule has 0 fully saturated rings. The van der Waals surface area contributed by atoms with Crippen LogP contribution in [0.25, 0.3) is 0 Å². The molecule has 1 rings (SSSR count). The van der Waals surface area contributed by atoms with Gasteiger partial charge in [-0.3, -0.25) is 4.79 Å². The van der Waals surface area contributed by atoms with Crippen LogP contribution >= 0.6 is 0 Å². The van der Waals surface area contributed by atoms with Crippen molar-refractivity contribution in [3.63, 3.8) is 0 Å². The molecular formula is C10H13NO4. The summed E-state index contributed by atoms with van der Waals surface area (Å²) in [6, 6.07) is 3.03. The number of carbonyl (C=O) groups excluding carboxylic acids is 1. The highest BCUT2D eigenvalue weighted by Gasteiger charge is 2.12. The Labute approximate surface area is 87.4 Å². The molecule has 5 nitrogen and oxygen atoms in total. The quantitative estimate of drug-likeness (QED) is 0.437. The van der Waals surface area contributed by atoms with Crippen LogP contribution in [-0.4, -0.2) is 25.3 Å². The van der Waals surface area contributed by atoms with Crippen LogP contribution in [0.1, 0.15) is 5.56 Å². The maximum absolute atomic E-state index is 11.0. The molecule has 0 aliphatic carbocycles. The Balaban J connectivity index is 3.05. The fourth-order valence-electron chi connectivity index (χ4n) is 1.17. The number of benzene rings is 1. The summed E-state index contributed by atoms with van der Waals surface area (Å²) in [5.74, 6) is -0.0663. The normalized spacial score (nSPS) is 9.73. The predicted molar refractivity (Wildman–Crippen MR) is 54.8 cm³/mol. The number of ether oxygens (including phenoxy) is 2. The van der Waals surface area contributed by atoms with Crippen molar-refractivity contribution in [2.45, 2.75) is 6.42 Å². The van der Waals surface area contributed by atoms with Gasteiger partial charge < -0.3 is 20.3 Å². The highest BCUT2D eigenvalue weighted by atomic mass is 16.5. The molecule has 0 saturated heterocycles. The molecule has 0 aliphatic heterocycles. The SMILES string of the molecule is COC(=O)Cc1cc(OC)cc(N)c1O. The Bertz CT molecular complexity index is 376. The van der Waals surface area contributed by atoms with Gasteiger partial charge in [0.25, 0.3) is 0 Å². The predicted octanol–water partition coefficient (Wildman–Crippen LogP) is 0.698. The maximum Gasteiger partial charge on any atom is 0.310 e. The van der Waals surface area contributed by atoms with E-state index in [1.165, 1.54) is 20.3 Å². The maximum atomic E-state index is 11.0. The van der Waals surface area contributed by atoms with Crippen molar-refractivity contribution in [3.05, 3.63) is 17.7 Å². The van der Waals surface area contributed by atoms with E-state index in [0.717, 1.165) is 0 Å². The summed E-state index contributed by atoms with van der Waals surface area (Å²) in [7, 11) is 2.76. The first-order valence-corrected chi connectivity index (χ1v) is 4.30. The largest absolute Gasteiger partial charge is 0.505 e. The van der Waals surface area contributed by atoms with E-state index in [1.54, 1.807) is 6.07 Å². The second-order valence-electron chi connectivity index (χ2n) is 2.98. The number of esters is 1. The number of carbonyl (C=O) groups is 1. The minimum Gasteiger partial charge on any atom is -0.505 e. The molecular weight excluding hydrogens is 198 g/mol. The number of rotatable bonds is 3. The molecule has 0 radical (unpaired) electrons. The average molecular weight is 211 g/mol. The zero-order valence-corrected chi connectivity index (χ0v) is 8.61. The van der Waals surface area contributed by atoms with Gasteiger partial charge in [0.05, 0.1) is 26.3 Å². The first-order chi connectivity index (χ1) is 7.08. The number of phenols is 1. The standard InChI is InChI=1S/C10H13NO4/c1-14-7-3-6(4-9(12)15-2)10(13)8(11)5-7/h3,5,13H,4,11H2,1-2H3. The summed E-state index contributed by atoms with van der Waals surface area (Å²) in [5.41, 5.74) is 6.09. The topological polar surface area (TPSA) is 81.8 Å². The molecule has 82 valence electrons. The minimum atomic E-state index is -0.446. The lowest BCUT2D eigenvalue weighted by molar-refractivity contribution is -0.139. The van der Waals surface area contributed by atoms with E-state index in [9.17, 15) is 9.90 Å². The summed E-state index contributed by atoms with van der Waals surface area (Å²) < 4.78 is 9.45. The second-order valence-corrected chi connectivity index (χ2v) is 2.98. The van der Waals surface area contributed by atoms with Crippen molar-refractivity contribution in [1.29, 1.82) is 0 Å². The molecule has 5 heteroatoms. The minimum absolute atomic E-state index is 0.0380. The van der Waals surface area contributed by atoms with Crippen molar-refractivity contribution in [2.24, 2.45) is 0 Å². The monoisotopic (exact) mass is 211 g/mol. The molecule has 0 heterocycles. The van der Waals surface area contributed by atoms with Crippen molar-refractivity contribution in [2.75, 3.05) is 20.0 Å². The van der Waals surface area contributed by atoms with Gasteiger partial charge in [0.2, 0.25) is 0 Å². The number of methoxy groups -OCH3 is 2. The fourth-order valence-corrected chi connectivity index (χ4v) is 1.17. The first kappa shape index (κ1) is 11.2. The van der Waals surface area contributed by atoms with Crippen LogP contribution in [0.2, 0.25) is 0 Å². The molecule has 0 atom stereocenters. The van der Waals surface area contributed by atoms with Crippen LogP contribution in [0.4, 0.5) is 5.69 Å². The van der Waals surface area contributed by atoms with Gasteiger partial charge in [-0.2, -0.15) is 0 Å². The van der Waals surface area contributed by atoms with Crippen LogP contribution in [0, 0.1) is 0 Å². The first-order valence-electron chi connectivity index (χ1n) is 4.30. The third-order valence-electron chi connectivity index (χ3n) is 1.99.